The molecular weight excluding hydrogens is 230 g/mol. The van der Waals surface area contributed by atoms with Gasteiger partial charge < -0.3 is 5.32 Å². The van der Waals surface area contributed by atoms with Gasteiger partial charge >= 0.3 is 0 Å². The zero-order valence-corrected chi connectivity index (χ0v) is 10.3. The quantitative estimate of drug-likeness (QED) is 0.782. The number of H-pyrrole nitrogens is 1. The lowest BCUT2D eigenvalue weighted by Crippen LogP contribution is -2.20. The van der Waals surface area contributed by atoms with E-state index in [9.17, 15) is 4.79 Å². The maximum absolute atomic E-state index is 11.6. The van der Waals surface area contributed by atoms with Gasteiger partial charge in [-0.3, -0.25) is 14.6 Å². The summed E-state index contributed by atoms with van der Waals surface area (Å²) in [6.07, 6.45) is 6.61. The molecule has 0 aliphatic carbocycles. The van der Waals surface area contributed by atoms with Gasteiger partial charge in [-0.25, -0.2) is 0 Å². The summed E-state index contributed by atoms with van der Waals surface area (Å²) in [5.41, 5.74) is 2.83. The van der Waals surface area contributed by atoms with Gasteiger partial charge in [-0.15, -0.1) is 0 Å². The molecule has 0 radical (unpaired) electrons. The number of hydrogen-bond donors (Lipinski definition) is 2. The minimum Gasteiger partial charge on any atom is -0.348 e. The lowest BCUT2D eigenvalue weighted by Gasteiger charge is -2.00. The summed E-state index contributed by atoms with van der Waals surface area (Å²) < 4.78 is 1.70. The SMILES string of the molecule is Cc1[nH]ncc1CNC(=O)/C=C/c1ccnn1C. The van der Waals surface area contributed by atoms with E-state index in [4.69, 9.17) is 0 Å². The molecule has 6 nitrogen and oxygen atoms in total. The van der Waals surface area contributed by atoms with Gasteiger partial charge in [0.2, 0.25) is 5.91 Å². The molecule has 94 valence electrons. The van der Waals surface area contributed by atoms with Gasteiger partial charge in [0, 0.05) is 37.1 Å². The average molecular weight is 245 g/mol. The third-order valence-corrected chi connectivity index (χ3v) is 2.65. The highest BCUT2D eigenvalue weighted by Crippen LogP contribution is 2.02. The normalized spacial score (nSPS) is 11.0. The van der Waals surface area contributed by atoms with Crippen molar-refractivity contribution >= 4 is 12.0 Å². The molecule has 2 aromatic rings. The van der Waals surface area contributed by atoms with Crippen LogP contribution in [0.2, 0.25) is 0 Å². The number of carbonyl (C=O) groups is 1. The van der Waals surface area contributed by atoms with E-state index in [1.54, 1.807) is 23.2 Å². The minimum absolute atomic E-state index is 0.142. The Hall–Kier alpha value is -2.37. The topological polar surface area (TPSA) is 75.6 Å². The molecule has 0 bridgehead atoms. The molecular formula is C12H15N5O. The van der Waals surface area contributed by atoms with E-state index in [0.29, 0.717) is 6.54 Å². The van der Waals surface area contributed by atoms with Crippen LogP contribution in [0.15, 0.2) is 24.5 Å². The Morgan fingerprint density at radius 1 is 1.61 bits per heavy atom. The molecule has 0 spiro atoms. The van der Waals surface area contributed by atoms with Gasteiger partial charge in [0.05, 0.1) is 11.9 Å². The summed E-state index contributed by atoms with van der Waals surface area (Å²) in [6, 6.07) is 1.84. The number of carbonyl (C=O) groups excluding carboxylic acids is 1. The van der Waals surface area contributed by atoms with Gasteiger partial charge in [-0.05, 0) is 19.1 Å². The molecule has 1 amide bonds. The van der Waals surface area contributed by atoms with E-state index < -0.39 is 0 Å². The molecule has 6 heteroatoms. The smallest absolute Gasteiger partial charge is 0.244 e. The van der Waals surface area contributed by atoms with Crippen LogP contribution >= 0.6 is 0 Å². The fourth-order valence-corrected chi connectivity index (χ4v) is 1.50. The van der Waals surface area contributed by atoms with Crippen LogP contribution < -0.4 is 5.32 Å². The highest BCUT2D eigenvalue weighted by molar-refractivity contribution is 5.91. The highest BCUT2D eigenvalue weighted by atomic mass is 16.1. The van der Waals surface area contributed by atoms with E-state index >= 15 is 0 Å². The summed E-state index contributed by atoms with van der Waals surface area (Å²) in [7, 11) is 1.83. The van der Waals surface area contributed by atoms with Crippen LogP contribution in [-0.4, -0.2) is 25.9 Å². The second-order valence-corrected chi connectivity index (χ2v) is 3.95. The van der Waals surface area contributed by atoms with Crippen molar-refractivity contribution in [3.63, 3.8) is 0 Å². The second kappa shape index (κ2) is 5.31. The Kier molecular flexibility index (Phi) is 3.57. The maximum atomic E-state index is 11.6. The van der Waals surface area contributed by atoms with E-state index in [1.165, 1.54) is 6.08 Å². The zero-order chi connectivity index (χ0) is 13.0. The molecule has 0 saturated heterocycles. The van der Waals surface area contributed by atoms with Crippen LogP contribution in [0.1, 0.15) is 17.0 Å². The third-order valence-electron chi connectivity index (χ3n) is 2.65. The first kappa shape index (κ1) is 12.1. The summed E-state index contributed by atoms with van der Waals surface area (Å²) in [5.74, 6) is -0.142. The van der Waals surface area contributed by atoms with Gasteiger partial charge in [0.15, 0.2) is 0 Å². The number of nitrogens with zero attached hydrogens (tertiary/aromatic N) is 3. The lowest BCUT2D eigenvalue weighted by molar-refractivity contribution is -0.116. The first-order valence-corrected chi connectivity index (χ1v) is 5.59. The summed E-state index contributed by atoms with van der Waals surface area (Å²) >= 11 is 0. The molecule has 0 aliphatic heterocycles. The fourth-order valence-electron chi connectivity index (χ4n) is 1.50. The summed E-state index contributed by atoms with van der Waals surface area (Å²) in [5, 5.41) is 13.5. The van der Waals surface area contributed by atoms with Crippen LogP contribution in [0, 0.1) is 6.92 Å². The largest absolute Gasteiger partial charge is 0.348 e. The number of aromatic nitrogens is 4. The predicted octanol–water partition coefficient (Wildman–Crippen LogP) is 0.781. The van der Waals surface area contributed by atoms with Gasteiger partial charge in [0.1, 0.15) is 0 Å². The predicted molar refractivity (Wildman–Crippen MR) is 67.4 cm³/mol. The van der Waals surface area contributed by atoms with E-state index in [-0.39, 0.29) is 5.91 Å². The Bertz CT molecular complexity index is 567. The molecule has 0 unspecified atom stereocenters. The van der Waals surface area contributed by atoms with Gasteiger partial charge in [0.25, 0.3) is 0 Å². The van der Waals surface area contributed by atoms with E-state index in [0.717, 1.165) is 17.0 Å². The van der Waals surface area contributed by atoms with Crippen molar-refractivity contribution in [2.45, 2.75) is 13.5 Å². The van der Waals surface area contributed by atoms with Crippen LogP contribution in [0.4, 0.5) is 0 Å². The van der Waals surface area contributed by atoms with Gasteiger partial charge in [-0.1, -0.05) is 0 Å². The van der Waals surface area contributed by atoms with Crippen molar-refractivity contribution in [2.24, 2.45) is 7.05 Å². The summed E-state index contributed by atoms with van der Waals surface area (Å²) in [4.78, 5) is 11.6. The molecule has 0 fully saturated rings. The standard InChI is InChI=1S/C12H15N5O/c1-9-10(8-14-16-9)7-13-12(18)4-3-11-5-6-15-17(11)2/h3-6,8H,7H2,1-2H3,(H,13,18)(H,14,16)/b4-3+. The van der Waals surface area contributed by atoms with E-state index in [1.807, 2.05) is 20.0 Å². The monoisotopic (exact) mass is 245 g/mol. The van der Waals surface area contributed by atoms with Crippen molar-refractivity contribution in [1.82, 2.24) is 25.3 Å². The number of aryl methyl sites for hydroxylation is 2. The molecule has 0 aliphatic rings. The second-order valence-electron chi connectivity index (χ2n) is 3.95. The van der Waals surface area contributed by atoms with Crippen molar-refractivity contribution in [3.8, 4) is 0 Å². The molecule has 2 aromatic heterocycles. The molecule has 2 rings (SSSR count). The Morgan fingerprint density at radius 3 is 3.06 bits per heavy atom. The highest BCUT2D eigenvalue weighted by Gasteiger charge is 2.01. The lowest BCUT2D eigenvalue weighted by atomic mass is 10.2. The number of rotatable bonds is 4. The number of aromatic amines is 1. The zero-order valence-electron chi connectivity index (χ0n) is 10.3. The van der Waals surface area contributed by atoms with E-state index in [2.05, 4.69) is 20.6 Å². The van der Waals surface area contributed by atoms with Crippen molar-refractivity contribution < 1.29 is 4.79 Å². The Labute approximate surface area is 105 Å². The number of amides is 1. The maximum Gasteiger partial charge on any atom is 0.244 e. The molecule has 0 saturated carbocycles. The molecule has 18 heavy (non-hydrogen) atoms. The molecule has 2 N–H and O–H groups in total. The van der Waals surface area contributed by atoms with Crippen molar-refractivity contribution in [3.05, 3.63) is 41.5 Å². The third kappa shape index (κ3) is 2.85. The van der Waals surface area contributed by atoms with Crippen LogP contribution in [0.25, 0.3) is 6.08 Å². The average Bonchev–Trinajstić information content (AvgIpc) is 2.93. The van der Waals surface area contributed by atoms with Gasteiger partial charge in [-0.2, -0.15) is 10.2 Å². The number of hydrogen-bond acceptors (Lipinski definition) is 3. The first-order chi connectivity index (χ1) is 8.66. The Balaban J connectivity index is 1.88. The molecule has 0 aromatic carbocycles. The minimum atomic E-state index is -0.142. The Morgan fingerprint density at radius 2 is 2.44 bits per heavy atom. The molecule has 0 atom stereocenters. The first-order valence-electron chi connectivity index (χ1n) is 5.59. The fraction of sp³-hybridized carbons (Fsp3) is 0.250. The van der Waals surface area contributed by atoms with Crippen molar-refractivity contribution in [1.29, 1.82) is 0 Å². The molecule has 2 heterocycles. The summed E-state index contributed by atoms with van der Waals surface area (Å²) in [6.45, 7) is 2.39. The van der Waals surface area contributed by atoms with Crippen LogP contribution in [-0.2, 0) is 18.4 Å². The van der Waals surface area contributed by atoms with Crippen molar-refractivity contribution in [2.75, 3.05) is 0 Å². The number of nitrogens with one attached hydrogen (secondary N) is 2. The van der Waals surface area contributed by atoms with Crippen LogP contribution in [0.5, 0.6) is 0 Å². The van der Waals surface area contributed by atoms with Crippen LogP contribution in [0.3, 0.4) is 0 Å².